The quantitative estimate of drug-likeness (QED) is 0.214. The topological polar surface area (TPSA) is 35.0 Å². The molecule has 0 N–H and O–H groups in total. The first-order chi connectivity index (χ1) is 21.5. The molecule has 208 valence electrons. The van der Waals surface area contributed by atoms with Crippen molar-refractivity contribution in [2.24, 2.45) is 0 Å². The van der Waals surface area contributed by atoms with Gasteiger partial charge in [-0.1, -0.05) is 117 Å². The Morgan fingerprint density at radius 3 is 2.00 bits per heavy atom. The lowest BCUT2D eigenvalue weighted by molar-refractivity contribution is 0.487. The summed E-state index contributed by atoms with van der Waals surface area (Å²) in [7, 11) is 0. The predicted molar refractivity (Wildman–Crippen MR) is 179 cm³/mol. The molecular formula is C41H28N2O. The summed E-state index contributed by atoms with van der Waals surface area (Å²) in [5, 5.41) is 2.34. The lowest BCUT2D eigenvalue weighted by atomic mass is 9.82. The molecule has 9 rings (SSSR count). The normalized spacial score (nSPS) is 13.6. The summed E-state index contributed by atoms with van der Waals surface area (Å²) in [4.78, 5) is 10.2. The van der Waals surface area contributed by atoms with E-state index in [9.17, 15) is 0 Å². The molecular weight excluding hydrogens is 536 g/mol. The van der Waals surface area contributed by atoms with Crippen LogP contribution in [-0.2, 0) is 5.41 Å². The zero-order valence-corrected chi connectivity index (χ0v) is 24.5. The Bertz CT molecular complexity index is 2280. The van der Waals surface area contributed by atoms with E-state index in [-0.39, 0.29) is 5.41 Å². The Morgan fingerprint density at radius 1 is 0.477 bits per heavy atom. The van der Waals surface area contributed by atoms with Crippen molar-refractivity contribution >= 4 is 10.8 Å². The summed E-state index contributed by atoms with van der Waals surface area (Å²) in [6.07, 6.45) is 0. The van der Waals surface area contributed by atoms with Crippen LogP contribution >= 0.6 is 0 Å². The molecule has 1 aliphatic carbocycles. The van der Waals surface area contributed by atoms with Gasteiger partial charge in [-0.15, -0.1) is 0 Å². The van der Waals surface area contributed by atoms with E-state index in [0.717, 1.165) is 50.5 Å². The van der Waals surface area contributed by atoms with Crippen LogP contribution in [0.15, 0.2) is 133 Å². The number of fused-ring (bicyclic) bond motifs is 5. The van der Waals surface area contributed by atoms with Crippen molar-refractivity contribution in [1.82, 2.24) is 9.97 Å². The van der Waals surface area contributed by atoms with Crippen molar-refractivity contribution in [3.05, 3.63) is 145 Å². The van der Waals surface area contributed by atoms with Gasteiger partial charge in [-0.05, 0) is 63.5 Å². The van der Waals surface area contributed by atoms with Crippen molar-refractivity contribution in [1.29, 1.82) is 0 Å². The third kappa shape index (κ3) is 3.69. The lowest BCUT2D eigenvalue weighted by Crippen LogP contribution is -2.14. The second-order valence-corrected chi connectivity index (χ2v) is 12.2. The van der Waals surface area contributed by atoms with Gasteiger partial charge in [0.2, 0.25) is 0 Å². The van der Waals surface area contributed by atoms with Gasteiger partial charge in [0.25, 0.3) is 0 Å². The van der Waals surface area contributed by atoms with Gasteiger partial charge in [-0.25, -0.2) is 9.97 Å². The molecule has 2 heterocycles. The number of rotatable bonds is 3. The largest absolute Gasteiger partial charge is 0.456 e. The number of nitrogens with zero attached hydrogens (tertiary/aromatic N) is 2. The van der Waals surface area contributed by atoms with Crippen LogP contribution in [0.2, 0.25) is 0 Å². The van der Waals surface area contributed by atoms with Gasteiger partial charge in [0.1, 0.15) is 11.5 Å². The summed E-state index contributed by atoms with van der Waals surface area (Å²) in [6.45, 7) is 4.62. The fourth-order valence-electron chi connectivity index (χ4n) is 7.06. The van der Waals surface area contributed by atoms with Gasteiger partial charge in [0.05, 0.1) is 11.4 Å². The van der Waals surface area contributed by atoms with Crippen LogP contribution in [0.4, 0.5) is 0 Å². The highest BCUT2D eigenvalue weighted by Gasteiger charge is 2.35. The fraction of sp³-hybridized carbons (Fsp3) is 0.0732. The van der Waals surface area contributed by atoms with E-state index in [2.05, 4.69) is 123 Å². The van der Waals surface area contributed by atoms with Gasteiger partial charge in [0, 0.05) is 33.1 Å². The highest BCUT2D eigenvalue weighted by molar-refractivity contribution is 6.04. The van der Waals surface area contributed by atoms with Crippen molar-refractivity contribution in [3.63, 3.8) is 0 Å². The van der Waals surface area contributed by atoms with Crippen LogP contribution < -0.4 is 4.74 Å². The van der Waals surface area contributed by atoms with Crippen LogP contribution in [-0.4, -0.2) is 9.97 Å². The summed E-state index contributed by atoms with van der Waals surface area (Å²) in [5.74, 6) is 2.43. The van der Waals surface area contributed by atoms with Gasteiger partial charge in [-0.3, -0.25) is 0 Å². The van der Waals surface area contributed by atoms with Gasteiger partial charge < -0.3 is 4.74 Å². The highest BCUT2D eigenvalue weighted by Crippen LogP contribution is 2.50. The molecule has 0 saturated carbocycles. The molecule has 0 radical (unpaired) electrons. The summed E-state index contributed by atoms with van der Waals surface area (Å²) in [5.41, 5.74) is 12.3. The maximum Gasteiger partial charge on any atom is 0.160 e. The van der Waals surface area contributed by atoms with E-state index in [1.807, 2.05) is 24.3 Å². The fourth-order valence-corrected chi connectivity index (χ4v) is 7.06. The van der Waals surface area contributed by atoms with Crippen LogP contribution in [0.1, 0.15) is 25.0 Å². The van der Waals surface area contributed by atoms with E-state index in [4.69, 9.17) is 14.7 Å². The van der Waals surface area contributed by atoms with Crippen LogP contribution in [0.3, 0.4) is 0 Å². The maximum absolute atomic E-state index is 6.50. The molecule has 0 saturated heterocycles. The van der Waals surface area contributed by atoms with Gasteiger partial charge in [-0.2, -0.15) is 0 Å². The van der Waals surface area contributed by atoms with Crippen LogP contribution in [0.25, 0.3) is 66.9 Å². The molecule has 0 spiro atoms. The minimum atomic E-state index is -0.0391. The van der Waals surface area contributed by atoms with Crippen molar-refractivity contribution in [3.8, 4) is 67.7 Å². The van der Waals surface area contributed by atoms with Gasteiger partial charge in [0.15, 0.2) is 5.82 Å². The summed E-state index contributed by atoms with van der Waals surface area (Å²) >= 11 is 0. The highest BCUT2D eigenvalue weighted by atomic mass is 16.5. The average Bonchev–Trinajstić information content (AvgIpc) is 3.31. The number of hydrogen-bond donors (Lipinski definition) is 0. The second-order valence-electron chi connectivity index (χ2n) is 12.2. The molecule has 0 amide bonds. The molecule has 3 nitrogen and oxygen atoms in total. The molecule has 1 aromatic heterocycles. The molecule has 44 heavy (non-hydrogen) atoms. The van der Waals surface area contributed by atoms with Crippen LogP contribution in [0.5, 0.6) is 11.5 Å². The number of ether oxygens (including phenoxy) is 1. The van der Waals surface area contributed by atoms with Gasteiger partial charge >= 0.3 is 0 Å². The smallest absolute Gasteiger partial charge is 0.160 e. The number of hydrogen-bond acceptors (Lipinski definition) is 3. The molecule has 0 fully saturated rings. The minimum Gasteiger partial charge on any atom is -0.456 e. The predicted octanol–water partition coefficient (Wildman–Crippen LogP) is 10.7. The summed E-state index contributed by atoms with van der Waals surface area (Å²) in [6, 6.07) is 47.0. The second kappa shape index (κ2) is 9.23. The van der Waals surface area contributed by atoms with Crippen molar-refractivity contribution in [2.75, 3.05) is 0 Å². The molecule has 2 aliphatic rings. The molecule has 7 aromatic rings. The first-order valence-electron chi connectivity index (χ1n) is 15.1. The third-order valence-corrected chi connectivity index (χ3v) is 9.29. The minimum absolute atomic E-state index is 0.0391. The monoisotopic (exact) mass is 564 g/mol. The molecule has 0 atom stereocenters. The lowest BCUT2D eigenvalue weighted by Gasteiger charge is -2.22. The molecule has 3 heteroatoms. The van der Waals surface area contributed by atoms with Crippen LogP contribution in [0, 0.1) is 0 Å². The first kappa shape index (κ1) is 25.0. The maximum atomic E-state index is 6.50. The molecule has 6 aromatic carbocycles. The van der Waals surface area contributed by atoms with E-state index in [1.165, 1.54) is 33.2 Å². The standard InChI is InChI=1S/C41H28N2O/c1-41(2)33-16-7-6-14-29(33)32-22-27(19-21-34(32)41)35-24-36(43-40(42-35)26-10-4-3-5-11-26)28-18-20-30-31-15-8-12-25-13-9-17-37(39(25)31)44-38(30)23-28/h3-24H,1-2H3. The summed E-state index contributed by atoms with van der Waals surface area (Å²) < 4.78 is 6.50. The molecule has 1 aliphatic heterocycles. The van der Waals surface area contributed by atoms with E-state index < -0.39 is 0 Å². The zero-order valence-electron chi connectivity index (χ0n) is 24.5. The number of benzene rings is 6. The SMILES string of the molecule is CC1(C)c2ccccc2-c2cc(-c3cc(-c4ccc5c(c4)Oc4cccc6cccc-5c46)nc(-c4ccccc4)n3)ccc21. The molecule has 0 unspecified atom stereocenters. The van der Waals surface area contributed by atoms with E-state index >= 15 is 0 Å². The molecule has 0 bridgehead atoms. The Morgan fingerprint density at radius 2 is 1.16 bits per heavy atom. The van der Waals surface area contributed by atoms with E-state index in [1.54, 1.807) is 0 Å². The number of aromatic nitrogens is 2. The van der Waals surface area contributed by atoms with Crippen molar-refractivity contribution < 1.29 is 4.74 Å². The zero-order chi connectivity index (χ0) is 29.4. The average molecular weight is 565 g/mol. The van der Waals surface area contributed by atoms with Crippen molar-refractivity contribution in [2.45, 2.75) is 19.3 Å². The Labute approximate surface area is 256 Å². The Kier molecular flexibility index (Phi) is 5.24. The first-order valence-corrected chi connectivity index (χ1v) is 15.1. The van der Waals surface area contributed by atoms with E-state index in [0.29, 0.717) is 5.82 Å². The third-order valence-electron chi connectivity index (χ3n) is 9.29. The Balaban J connectivity index is 1.21. The Hall–Kier alpha value is -5.54.